The molecule has 0 aliphatic heterocycles. The molecule has 1 unspecified atom stereocenters. The van der Waals surface area contributed by atoms with Crippen molar-refractivity contribution in [1.29, 1.82) is 0 Å². The largest absolute Gasteiger partial charge is 0.396 e. The zero-order valence-electron chi connectivity index (χ0n) is 15.0. The van der Waals surface area contributed by atoms with Crippen LogP contribution in [0.2, 0.25) is 0 Å². The molecule has 6 heteroatoms. The fourth-order valence-corrected chi connectivity index (χ4v) is 2.27. The molecule has 4 N–H and O–H groups in total. The van der Waals surface area contributed by atoms with Crippen LogP contribution in [0.25, 0.3) is 0 Å². The minimum atomic E-state index is -0.752. The lowest BCUT2D eigenvalue weighted by Gasteiger charge is -2.24. The quantitative estimate of drug-likeness (QED) is 0.266. The summed E-state index contributed by atoms with van der Waals surface area (Å²) in [5.74, 6) is 0.679. The van der Waals surface area contributed by atoms with Crippen molar-refractivity contribution in [3.05, 3.63) is 35.9 Å². The summed E-state index contributed by atoms with van der Waals surface area (Å²) in [5, 5.41) is 26.4. The molecule has 0 saturated heterocycles. The monoisotopic (exact) mass is 449 g/mol. The van der Waals surface area contributed by atoms with Crippen molar-refractivity contribution in [2.75, 3.05) is 26.2 Å². The lowest BCUT2D eigenvalue weighted by Crippen LogP contribution is -2.41. The first-order valence-corrected chi connectivity index (χ1v) is 8.48. The van der Waals surface area contributed by atoms with Gasteiger partial charge in [-0.05, 0) is 25.3 Å². The van der Waals surface area contributed by atoms with Gasteiger partial charge >= 0.3 is 0 Å². The Balaban J connectivity index is 0.00000529. The summed E-state index contributed by atoms with van der Waals surface area (Å²) in [4.78, 5) is 4.49. The molecular formula is C18H32IN3O2. The number of aliphatic hydroxyl groups excluding tert-OH is 1. The number of rotatable bonds is 9. The third-order valence-corrected chi connectivity index (χ3v) is 4.20. The molecule has 0 heterocycles. The molecule has 0 bridgehead atoms. The minimum absolute atomic E-state index is 0. The van der Waals surface area contributed by atoms with Gasteiger partial charge < -0.3 is 20.8 Å². The van der Waals surface area contributed by atoms with Crippen LogP contribution in [-0.4, -0.2) is 48.0 Å². The minimum Gasteiger partial charge on any atom is -0.396 e. The molecule has 1 rings (SSSR count). The lowest BCUT2D eigenvalue weighted by atomic mass is 9.98. The van der Waals surface area contributed by atoms with Crippen LogP contribution in [0.3, 0.4) is 0 Å². The summed E-state index contributed by atoms with van der Waals surface area (Å²) in [6.45, 7) is 7.71. The van der Waals surface area contributed by atoms with Crippen molar-refractivity contribution >= 4 is 29.9 Å². The Hall–Kier alpha value is -0.860. The van der Waals surface area contributed by atoms with Gasteiger partial charge in [-0.15, -0.1) is 24.0 Å². The molecule has 138 valence electrons. The second-order valence-corrected chi connectivity index (χ2v) is 5.80. The highest BCUT2D eigenvalue weighted by Crippen LogP contribution is 2.15. The first kappa shape index (κ1) is 23.1. The first-order chi connectivity index (χ1) is 11.1. The zero-order valence-corrected chi connectivity index (χ0v) is 17.3. The molecule has 24 heavy (non-hydrogen) atoms. The van der Waals surface area contributed by atoms with E-state index in [1.165, 1.54) is 0 Å². The molecule has 0 amide bonds. The second-order valence-electron chi connectivity index (χ2n) is 5.80. The van der Waals surface area contributed by atoms with Gasteiger partial charge in [-0.3, -0.25) is 4.99 Å². The van der Waals surface area contributed by atoms with Gasteiger partial charge in [0, 0.05) is 19.0 Å². The van der Waals surface area contributed by atoms with Crippen LogP contribution in [0.5, 0.6) is 0 Å². The number of guanidine groups is 1. The molecule has 0 aliphatic carbocycles. The Labute approximate surface area is 163 Å². The van der Waals surface area contributed by atoms with Gasteiger partial charge in [-0.2, -0.15) is 0 Å². The van der Waals surface area contributed by atoms with Crippen molar-refractivity contribution in [3.8, 4) is 0 Å². The van der Waals surface area contributed by atoms with Crippen molar-refractivity contribution in [1.82, 2.24) is 10.6 Å². The number of hydrogen-bond donors (Lipinski definition) is 4. The van der Waals surface area contributed by atoms with E-state index in [0.29, 0.717) is 31.9 Å². The molecule has 0 radical (unpaired) electrons. The van der Waals surface area contributed by atoms with Gasteiger partial charge in [-0.25, -0.2) is 0 Å². The molecule has 0 spiro atoms. The van der Waals surface area contributed by atoms with Crippen LogP contribution in [0.1, 0.15) is 45.1 Å². The van der Waals surface area contributed by atoms with Crippen LogP contribution >= 0.6 is 24.0 Å². The Morgan fingerprint density at radius 3 is 2.25 bits per heavy atom. The van der Waals surface area contributed by atoms with Gasteiger partial charge in [-0.1, -0.05) is 44.2 Å². The maximum Gasteiger partial charge on any atom is 0.191 e. The van der Waals surface area contributed by atoms with Crippen LogP contribution in [-0.2, 0) is 0 Å². The Kier molecular flexibility index (Phi) is 12.0. The number of benzene rings is 1. The average molecular weight is 449 g/mol. The molecule has 0 fully saturated rings. The third-order valence-electron chi connectivity index (χ3n) is 4.20. The topological polar surface area (TPSA) is 76.9 Å². The standard InChI is InChI=1S/C18H31N3O2.HI/c1-4-18(23,5-2)14-21-17(19-6-3)20-12-16(13-22)15-10-8-7-9-11-15;/h7-11,16,22-23H,4-6,12-14H2,1-3H3,(H2,19,20,21);1H. The maximum absolute atomic E-state index is 10.3. The van der Waals surface area contributed by atoms with Gasteiger partial charge in [0.1, 0.15) is 0 Å². The second kappa shape index (κ2) is 12.5. The number of nitrogens with one attached hydrogen (secondary N) is 2. The van der Waals surface area contributed by atoms with Crippen LogP contribution in [0, 0.1) is 0 Å². The first-order valence-electron chi connectivity index (χ1n) is 8.48. The van der Waals surface area contributed by atoms with E-state index in [1.54, 1.807) is 0 Å². The third kappa shape index (κ3) is 7.81. The highest BCUT2D eigenvalue weighted by atomic mass is 127. The van der Waals surface area contributed by atoms with Crippen molar-refractivity contribution in [2.45, 2.75) is 45.1 Å². The Morgan fingerprint density at radius 1 is 1.12 bits per heavy atom. The Bertz CT molecular complexity index is 465. The predicted molar refractivity (Wildman–Crippen MR) is 111 cm³/mol. The molecule has 1 atom stereocenters. The summed E-state index contributed by atoms with van der Waals surface area (Å²) in [5.41, 5.74) is 0.343. The smallest absolute Gasteiger partial charge is 0.191 e. The van der Waals surface area contributed by atoms with Gasteiger partial charge in [0.05, 0.1) is 18.8 Å². The highest BCUT2D eigenvalue weighted by molar-refractivity contribution is 14.0. The van der Waals surface area contributed by atoms with Crippen molar-refractivity contribution in [2.24, 2.45) is 4.99 Å². The summed E-state index contributed by atoms with van der Waals surface area (Å²) in [6, 6.07) is 9.94. The molecule has 0 saturated carbocycles. The molecule has 0 aliphatic rings. The van der Waals surface area contributed by atoms with E-state index >= 15 is 0 Å². The fraction of sp³-hybridized carbons (Fsp3) is 0.611. The predicted octanol–water partition coefficient (Wildman–Crippen LogP) is 2.49. The molecule has 1 aromatic carbocycles. The summed E-state index contributed by atoms with van der Waals surface area (Å²) >= 11 is 0. The van der Waals surface area contributed by atoms with Gasteiger partial charge in [0.15, 0.2) is 5.96 Å². The molecular weight excluding hydrogens is 417 g/mol. The SMILES string of the molecule is CCNC(=NCC(O)(CC)CC)NCC(CO)c1ccccc1.I. The van der Waals surface area contributed by atoms with Crippen LogP contribution < -0.4 is 10.6 Å². The summed E-state index contributed by atoms with van der Waals surface area (Å²) in [7, 11) is 0. The number of aliphatic imine (C=N–C) groups is 1. The van der Waals surface area contributed by atoms with Crippen LogP contribution in [0.4, 0.5) is 0 Å². The summed E-state index contributed by atoms with van der Waals surface area (Å²) < 4.78 is 0. The van der Waals surface area contributed by atoms with Crippen molar-refractivity contribution < 1.29 is 10.2 Å². The van der Waals surface area contributed by atoms with E-state index in [9.17, 15) is 10.2 Å². The normalized spacial score (nSPS) is 13.1. The zero-order chi connectivity index (χ0) is 17.1. The van der Waals surface area contributed by atoms with E-state index in [4.69, 9.17) is 0 Å². The Morgan fingerprint density at radius 2 is 1.75 bits per heavy atom. The van der Waals surface area contributed by atoms with E-state index in [0.717, 1.165) is 12.1 Å². The number of hydrogen-bond acceptors (Lipinski definition) is 3. The lowest BCUT2D eigenvalue weighted by molar-refractivity contribution is 0.0418. The number of nitrogens with zero attached hydrogens (tertiary/aromatic N) is 1. The molecule has 5 nitrogen and oxygen atoms in total. The number of aliphatic hydroxyl groups is 2. The van der Waals surface area contributed by atoms with E-state index < -0.39 is 5.60 Å². The van der Waals surface area contributed by atoms with E-state index in [-0.39, 0.29) is 36.5 Å². The van der Waals surface area contributed by atoms with Crippen LogP contribution in [0.15, 0.2) is 35.3 Å². The highest BCUT2D eigenvalue weighted by Gasteiger charge is 2.21. The number of halogens is 1. The molecule has 1 aromatic rings. The summed E-state index contributed by atoms with van der Waals surface area (Å²) in [6.07, 6.45) is 1.35. The molecule has 0 aromatic heterocycles. The fourth-order valence-electron chi connectivity index (χ4n) is 2.27. The van der Waals surface area contributed by atoms with Gasteiger partial charge in [0.2, 0.25) is 0 Å². The average Bonchev–Trinajstić information content (AvgIpc) is 2.60. The van der Waals surface area contributed by atoms with Gasteiger partial charge in [0.25, 0.3) is 0 Å². The van der Waals surface area contributed by atoms with E-state index in [1.807, 2.05) is 51.1 Å². The van der Waals surface area contributed by atoms with E-state index in [2.05, 4.69) is 15.6 Å². The maximum atomic E-state index is 10.3. The van der Waals surface area contributed by atoms with Crippen molar-refractivity contribution in [3.63, 3.8) is 0 Å².